The van der Waals surface area contributed by atoms with Gasteiger partial charge in [0.25, 0.3) is 5.91 Å². The molecule has 0 radical (unpaired) electrons. The highest BCUT2D eigenvalue weighted by Crippen LogP contribution is 2.23. The molecule has 0 fully saturated rings. The number of amides is 1. The second kappa shape index (κ2) is 7.89. The molecule has 0 aliphatic heterocycles. The van der Waals surface area contributed by atoms with Crippen molar-refractivity contribution in [2.45, 2.75) is 6.10 Å². The second-order valence-corrected chi connectivity index (χ2v) is 5.14. The first-order chi connectivity index (χ1) is 10.6. The molecular formula is C16H17ClN2O3. The summed E-state index contributed by atoms with van der Waals surface area (Å²) in [5, 5.41) is 12.5. The number of rotatable bonds is 6. The largest absolute Gasteiger partial charge is 0.389 e. The summed E-state index contributed by atoms with van der Waals surface area (Å²) < 4.78 is 4.81. The first kappa shape index (κ1) is 16.4. The third-order valence-electron chi connectivity index (χ3n) is 3.03. The van der Waals surface area contributed by atoms with Crippen LogP contribution in [-0.2, 0) is 4.74 Å². The van der Waals surface area contributed by atoms with Crippen LogP contribution in [0.25, 0.3) is 11.3 Å². The van der Waals surface area contributed by atoms with E-state index in [0.717, 1.165) is 11.3 Å². The molecule has 116 valence electrons. The second-order valence-electron chi connectivity index (χ2n) is 4.73. The predicted molar refractivity (Wildman–Crippen MR) is 84.9 cm³/mol. The summed E-state index contributed by atoms with van der Waals surface area (Å²) in [4.78, 5) is 16.4. The Morgan fingerprint density at radius 2 is 2.23 bits per heavy atom. The van der Waals surface area contributed by atoms with Gasteiger partial charge in [-0.15, -0.1) is 0 Å². The zero-order chi connectivity index (χ0) is 15.9. The molecule has 5 nitrogen and oxygen atoms in total. The van der Waals surface area contributed by atoms with Gasteiger partial charge >= 0.3 is 0 Å². The number of nitrogens with one attached hydrogen (secondary N) is 1. The van der Waals surface area contributed by atoms with E-state index in [0.29, 0.717) is 10.6 Å². The minimum atomic E-state index is -0.758. The van der Waals surface area contributed by atoms with Crippen LogP contribution in [0.4, 0.5) is 0 Å². The molecule has 2 rings (SSSR count). The third-order valence-corrected chi connectivity index (χ3v) is 3.36. The van der Waals surface area contributed by atoms with Crippen molar-refractivity contribution in [1.29, 1.82) is 0 Å². The van der Waals surface area contributed by atoms with Crippen LogP contribution in [0.1, 0.15) is 10.4 Å². The number of ether oxygens (including phenoxy) is 1. The first-order valence-electron chi connectivity index (χ1n) is 6.78. The van der Waals surface area contributed by atoms with E-state index < -0.39 is 6.10 Å². The molecule has 1 unspecified atom stereocenters. The molecule has 0 spiro atoms. The lowest BCUT2D eigenvalue weighted by Crippen LogP contribution is -2.34. The Labute approximate surface area is 133 Å². The highest BCUT2D eigenvalue weighted by atomic mass is 35.5. The quantitative estimate of drug-likeness (QED) is 0.855. The number of aliphatic hydroxyl groups excluding tert-OH is 1. The van der Waals surface area contributed by atoms with Crippen molar-refractivity contribution in [2.75, 3.05) is 20.3 Å². The molecular weight excluding hydrogens is 304 g/mol. The number of methoxy groups -OCH3 is 1. The number of carbonyl (C=O) groups is 1. The molecule has 0 saturated heterocycles. The summed E-state index contributed by atoms with van der Waals surface area (Å²) in [6, 6.07) is 10.7. The van der Waals surface area contributed by atoms with Gasteiger partial charge in [0.15, 0.2) is 0 Å². The summed E-state index contributed by atoms with van der Waals surface area (Å²) in [7, 11) is 1.48. The van der Waals surface area contributed by atoms with Crippen LogP contribution >= 0.6 is 11.6 Å². The normalized spacial score (nSPS) is 12.0. The fourth-order valence-electron chi connectivity index (χ4n) is 1.95. The molecule has 22 heavy (non-hydrogen) atoms. The summed E-state index contributed by atoms with van der Waals surface area (Å²) in [5.41, 5.74) is 1.90. The van der Waals surface area contributed by atoms with Crippen LogP contribution in [0.3, 0.4) is 0 Å². The van der Waals surface area contributed by atoms with E-state index in [1.807, 2.05) is 18.2 Å². The molecule has 0 saturated carbocycles. The third kappa shape index (κ3) is 4.27. The molecule has 1 heterocycles. The van der Waals surface area contributed by atoms with Gasteiger partial charge in [-0.05, 0) is 24.3 Å². The zero-order valence-electron chi connectivity index (χ0n) is 12.1. The van der Waals surface area contributed by atoms with E-state index in [2.05, 4.69) is 10.3 Å². The number of hydrogen-bond donors (Lipinski definition) is 2. The highest BCUT2D eigenvalue weighted by Gasteiger charge is 2.13. The van der Waals surface area contributed by atoms with Crippen molar-refractivity contribution in [3.8, 4) is 11.3 Å². The maximum atomic E-state index is 12.2. The standard InChI is InChI=1S/C16H17ClN2O3/c1-22-10-12(20)9-19-16(21)13-8-11(5-6-14(13)17)15-4-2-3-7-18-15/h2-8,12,20H,9-10H2,1H3,(H,19,21). The zero-order valence-corrected chi connectivity index (χ0v) is 12.9. The average molecular weight is 321 g/mol. The minimum Gasteiger partial charge on any atom is -0.389 e. The van der Waals surface area contributed by atoms with Crippen LogP contribution in [0.5, 0.6) is 0 Å². The van der Waals surface area contributed by atoms with Crippen LogP contribution < -0.4 is 5.32 Å². The monoisotopic (exact) mass is 320 g/mol. The van der Waals surface area contributed by atoms with E-state index in [1.54, 1.807) is 24.4 Å². The lowest BCUT2D eigenvalue weighted by Gasteiger charge is -2.12. The Hall–Kier alpha value is -1.95. The number of aromatic nitrogens is 1. The van der Waals surface area contributed by atoms with Gasteiger partial charge in [0.1, 0.15) is 0 Å². The number of benzene rings is 1. The number of halogens is 1. The summed E-state index contributed by atoms with van der Waals surface area (Å²) >= 11 is 6.09. The Bertz CT molecular complexity index is 635. The van der Waals surface area contributed by atoms with Gasteiger partial charge in [0, 0.05) is 25.4 Å². The smallest absolute Gasteiger partial charge is 0.252 e. The van der Waals surface area contributed by atoms with Crippen molar-refractivity contribution in [3.63, 3.8) is 0 Å². The van der Waals surface area contributed by atoms with Crippen LogP contribution in [0.2, 0.25) is 5.02 Å². The molecule has 1 amide bonds. The molecule has 1 atom stereocenters. The lowest BCUT2D eigenvalue weighted by molar-refractivity contribution is 0.0610. The minimum absolute atomic E-state index is 0.0941. The van der Waals surface area contributed by atoms with E-state index in [-0.39, 0.29) is 19.1 Å². The van der Waals surface area contributed by atoms with E-state index in [9.17, 15) is 9.90 Å². The van der Waals surface area contributed by atoms with Gasteiger partial charge in [-0.25, -0.2) is 0 Å². The molecule has 6 heteroatoms. The molecule has 2 N–H and O–H groups in total. The Morgan fingerprint density at radius 1 is 1.41 bits per heavy atom. The Morgan fingerprint density at radius 3 is 2.91 bits per heavy atom. The van der Waals surface area contributed by atoms with E-state index >= 15 is 0 Å². The maximum Gasteiger partial charge on any atom is 0.252 e. The topological polar surface area (TPSA) is 71.5 Å². The fourth-order valence-corrected chi connectivity index (χ4v) is 2.15. The van der Waals surface area contributed by atoms with Gasteiger partial charge < -0.3 is 15.2 Å². The van der Waals surface area contributed by atoms with Crippen LogP contribution in [0, 0.1) is 0 Å². The van der Waals surface area contributed by atoms with Gasteiger partial charge in [-0.2, -0.15) is 0 Å². The average Bonchev–Trinajstić information content (AvgIpc) is 2.54. The van der Waals surface area contributed by atoms with Crippen LogP contribution in [-0.4, -0.2) is 42.4 Å². The summed E-state index contributed by atoms with van der Waals surface area (Å²) in [6.45, 7) is 0.249. The van der Waals surface area contributed by atoms with Crippen molar-refractivity contribution in [3.05, 3.63) is 53.2 Å². The predicted octanol–water partition coefficient (Wildman–Crippen LogP) is 2.14. The van der Waals surface area contributed by atoms with Gasteiger partial charge in [0.2, 0.25) is 0 Å². The van der Waals surface area contributed by atoms with Crippen molar-refractivity contribution in [1.82, 2.24) is 10.3 Å². The Balaban J connectivity index is 2.15. The molecule has 1 aromatic heterocycles. The molecule has 0 bridgehead atoms. The van der Waals surface area contributed by atoms with Gasteiger partial charge in [0.05, 0.1) is 29.0 Å². The molecule has 1 aromatic carbocycles. The SMILES string of the molecule is COCC(O)CNC(=O)c1cc(-c2ccccn2)ccc1Cl. The number of pyridine rings is 1. The molecule has 0 aliphatic carbocycles. The summed E-state index contributed by atoms with van der Waals surface area (Å²) in [5.74, 6) is -0.349. The number of hydrogen-bond acceptors (Lipinski definition) is 4. The molecule has 2 aromatic rings. The maximum absolute atomic E-state index is 12.2. The number of nitrogens with zero attached hydrogens (tertiary/aromatic N) is 1. The fraction of sp³-hybridized carbons (Fsp3) is 0.250. The van der Waals surface area contributed by atoms with Crippen molar-refractivity contribution in [2.24, 2.45) is 0 Å². The number of carbonyl (C=O) groups excluding carboxylic acids is 1. The van der Waals surface area contributed by atoms with E-state index in [1.165, 1.54) is 7.11 Å². The van der Waals surface area contributed by atoms with Gasteiger partial charge in [-0.1, -0.05) is 23.7 Å². The summed E-state index contributed by atoms with van der Waals surface area (Å²) in [6.07, 6.45) is 0.928. The van der Waals surface area contributed by atoms with Crippen molar-refractivity contribution >= 4 is 17.5 Å². The molecule has 0 aliphatic rings. The number of aliphatic hydroxyl groups is 1. The van der Waals surface area contributed by atoms with E-state index in [4.69, 9.17) is 16.3 Å². The first-order valence-corrected chi connectivity index (χ1v) is 7.15. The lowest BCUT2D eigenvalue weighted by atomic mass is 10.1. The highest BCUT2D eigenvalue weighted by molar-refractivity contribution is 6.34. The van der Waals surface area contributed by atoms with Gasteiger partial charge in [-0.3, -0.25) is 9.78 Å². The van der Waals surface area contributed by atoms with Crippen molar-refractivity contribution < 1.29 is 14.6 Å². The Kier molecular flexibility index (Phi) is 5.89. The van der Waals surface area contributed by atoms with Crippen LogP contribution in [0.15, 0.2) is 42.6 Å².